The lowest BCUT2D eigenvalue weighted by Gasteiger charge is -2.13. The summed E-state index contributed by atoms with van der Waals surface area (Å²) in [7, 11) is 0. The molecule has 142 valence electrons. The van der Waals surface area contributed by atoms with E-state index < -0.39 is 0 Å². The Morgan fingerprint density at radius 2 is 1.69 bits per heavy atom. The number of halogens is 3. The van der Waals surface area contributed by atoms with Gasteiger partial charge in [-0.3, -0.25) is 0 Å². The Kier molecular flexibility index (Phi) is 9.54. The smallest absolute Gasteiger partial charge is 0.124 e. The van der Waals surface area contributed by atoms with Crippen LogP contribution >= 0.6 is 34.8 Å². The molecule has 0 heterocycles. The third kappa shape index (κ3) is 7.31. The minimum absolute atomic E-state index is 0.162. The molecule has 4 nitrogen and oxygen atoms in total. The molecule has 0 amide bonds. The largest absolute Gasteiger partial charge is 0.489 e. The number of rotatable bonds is 11. The summed E-state index contributed by atoms with van der Waals surface area (Å²) in [6.45, 7) is 3.57. The topological polar surface area (TPSA) is 53.5 Å². The number of ether oxygens (including phenoxy) is 1. The monoisotopic (exact) mass is 416 g/mol. The molecule has 0 radical (unpaired) electrons. The fourth-order valence-corrected chi connectivity index (χ4v) is 2.90. The normalized spacial score (nSPS) is 10.9. The van der Waals surface area contributed by atoms with Crippen LogP contribution in [0.25, 0.3) is 0 Å². The Morgan fingerprint density at radius 3 is 2.46 bits per heavy atom. The molecule has 0 spiro atoms. The molecule has 2 aromatic rings. The number of nitrogens with one attached hydrogen (secondary N) is 2. The third-order valence-electron chi connectivity index (χ3n) is 3.71. The van der Waals surface area contributed by atoms with Crippen LogP contribution in [-0.4, -0.2) is 31.3 Å². The van der Waals surface area contributed by atoms with Crippen LogP contribution in [-0.2, 0) is 13.2 Å². The molecule has 0 bridgehead atoms. The molecule has 0 unspecified atom stereocenters. The molecule has 0 saturated heterocycles. The highest BCUT2D eigenvalue weighted by Gasteiger charge is 2.06. The Balaban J connectivity index is 1.87. The zero-order valence-corrected chi connectivity index (χ0v) is 16.7. The minimum atomic E-state index is 0.162. The van der Waals surface area contributed by atoms with Crippen molar-refractivity contribution in [2.24, 2.45) is 0 Å². The van der Waals surface area contributed by atoms with Gasteiger partial charge in [-0.1, -0.05) is 40.9 Å². The zero-order chi connectivity index (χ0) is 18.8. The third-order valence-corrected chi connectivity index (χ3v) is 4.69. The maximum atomic E-state index is 8.72. The molecular formula is C19H23Cl3N2O2. The van der Waals surface area contributed by atoms with Gasteiger partial charge in [0.05, 0.1) is 16.7 Å². The summed E-state index contributed by atoms with van der Waals surface area (Å²) in [5.74, 6) is 0.784. The van der Waals surface area contributed by atoms with E-state index in [1.54, 1.807) is 12.1 Å². The summed E-state index contributed by atoms with van der Waals surface area (Å²) in [5, 5.41) is 17.0. The average Bonchev–Trinajstić information content (AvgIpc) is 2.63. The standard InChI is InChI=1S/C19H23Cl3N2O2/c20-16-3-5-19(26-13-14-2-4-17(21)18(22)10-14)15(11-16)12-24-7-1-6-23-8-9-25/h2-5,10-11,23-25H,1,6-9,12-13H2. The van der Waals surface area contributed by atoms with Crippen molar-refractivity contribution in [1.82, 2.24) is 10.6 Å². The zero-order valence-electron chi connectivity index (χ0n) is 14.4. The summed E-state index contributed by atoms with van der Waals surface area (Å²) >= 11 is 18.1. The molecule has 0 aliphatic heterocycles. The highest BCUT2D eigenvalue weighted by Crippen LogP contribution is 2.26. The lowest BCUT2D eigenvalue weighted by molar-refractivity contribution is 0.292. The lowest BCUT2D eigenvalue weighted by Crippen LogP contribution is -2.24. The van der Waals surface area contributed by atoms with E-state index in [9.17, 15) is 0 Å². The van der Waals surface area contributed by atoms with Crippen molar-refractivity contribution in [3.05, 3.63) is 62.6 Å². The van der Waals surface area contributed by atoms with Crippen molar-refractivity contribution in [2.45, 2.75) is 19.6 Å². The van der Waals surface area contributed by atoms with Gasteiger partial charge in [-0.05, 0) is 55.4 Å². The van der Waals surface area contributed by atoms with Crippen molar-refractivity contribution in [3.8, 4) is 5.75 Å². The number of hydrogen-bond donors (Lipinski definition) is 3. The van der Waals surface area contributed by atoms with E-state index in [0.29, 0.717) is 34.8 Å². The van der Waals surface area contributed by atoms with Crippen LogP contribution in [0.1, 0.15) is 17.5 Å². The van der Waals surface area contributed by atoms with E-state index >= 15 is 0 Å². The highest BCUT2D eigenvalue weighted by atomic mass is 35.5. The fourth-order valence-electron chi connectivity index (χ4n) is 2.38. The molecule has 0 atom stereocenters. The summed E-state index contributed by atoms with van der Waals surface area (Å²) in [5.41, 5.74) is 1.95. The molecule has 0 saturated carbocycles. The lowest BCUT2D eigenvalue weighted by atomic mass is 10.2. The van der Waals surface area contributed by atoms with Gasteiger partial charge in [-0.25, -0.2) is 0 Å². The first-order valence-electron chi connectivity index (χ1n) is 8.47. The molecule has 7 heteroatoms. The molecule has 3 N–H and O–H groups in total. The summed E-state index contributed by atoms with van der Waals surface area (Å²) in [6.07, 6.45) is 0.972. The van der Waals surface area contributed by atoms with Gasteiger partial charge in [0.25, 0.3) is 0 Å². The van der Waals surface area contributed by atoms with Crippen molar-refractivity contribution in [1.29, 1.82) is 0 Å². The number of benzene rings is 2. The highest BCUT2D eigenvalue weighted by molar-refractivity contribution is 6.42. The number of hydrogen-bond acceptors (Lipinski definition) is 4. The van der Waals surface area contributed by atoms with Gasteiger partial charge in [-0.15, -0.1) is 0 Å². The number of aliphatic hydroxyl groups excluding tert-OH is 1. The maximum Gasteiger partial charge on any atom is 0.124 e. The van der Waals surface area contributed by atoms with Gasteiger partial charge in [0.1, 0.15) is 12.4 Å². The minimum Gasteiger partial charge on any atom is -0.489 e. The van der Waals surface area contributed by atoms with Crippen LogP contribution in [0.3, 0.4) is 0 Å². The Bertz CT molecular complexity index is 698. The second-order valence-electron chi connectivity index (χ2n) is 5.79. The van der Waals surface area contributed by atoms with Crippen LogP contribution in [0.15, 0.2) is 36.4 Å². The van der Waals surface area contributed by atoms with Crippen molar-refractivity contribution < 1.29 is 9.84 Å². The van der Waals surface area contributed by atoms with Gasteiger partial charge in [0.2, 0.25) is 0 Å². The van der Waals surface area contributed by atoms with E-state index in [0.717, 1.165) is 36.4 Å². The molecule has 0 fully saturated rings. The Hall–Kier alpha value is -1.01. The fraction of sp³-hybridized carbons (Fsp3) is 0.368. The van der Waals surface area contributed by atoms with Crippen LogP contribution in [0.5, 0.6) is 5.75 Å². The SMILES string of the molecule is OCCNCCCNCc1cc(Cl)ccc1OCc1ccc(Cl)c(Cl)c1. The second-order valence-corrected chi connectivity index (χ2v) is 7.04. The van der Waals surface area contributed by atoms with E-state index in [-0.39, 0.29) is 6.61 Å². The van der Waals surface area contributed by atoms with Gasteiger partial charge >= 0.3 is 0 Å². The molecule has 0 aromatic heterocycles. The molecule has 2 aromatic carbocycles. The first-order valence-corrected chi connectivity index (χ1v) is 9.61. The predicted octanol–water partition coefficient (Wildman–Crippen LogP) is 4.29. The molecule has 26 heavy (non-hydrogen) atoms. The first-order chi connectivity index (χ1) is 12.6. The molecule has 0 aliphatic carbocycles. The maximum absolute atomic E-state index is 8.72. The summed E-state index contributed by atoms with van der Waals surface area (Å²) in [4.78, 5) is 0. The van der Waals surface area contributed by atoms with E-state index in [2.05, 4.69) is 10.6 Å². The van der Waals surface area contributed by atoms with Crippen LogP contribution < -0.4 is 15.4 Å². The predicted molar refractivity (Wildman–Crippen MR) is 109 cm³/mol. The van der Waals surface area contributed by atoms with Gasteiger partial charge in [-0.2, -0.15) is 0 Å². The van der Waals surface area contributed by atoms with Crippen LogP contribution in [0.2, 0.25) is 15.1 Å². The van der Waals surface area contributed by atoms with Gasteiger partial charge in [0.15, 0.2) is 0 Å². The first kappa shape index (κ1) is 21.3. The van der Waals surface area contributed by atoms with E-state index in [1.807, 2.05) is 24.3 Å². The molecule has 2 rings (SSSR count). The van der Waals surface area contributed by atoms with E-state index in [4.69, 9.17) is 44.6 Å². The summed E-state index contributed by atoms with van der Waals surface area (Å²) < 4.78 is 5.94. The van der Waals surface area contributed by atoms with Gasteiger partial charge < -0.3 is 20.5 Å². The number of aliphatic hydroxyl groups is 1. The summed E-state index contributed by atoms with van der Waals surface area (Å²) in [6, 6.07) is 11.0. The van der Waals surface area contributed by atoms with Crippen LogP contribution in [0.4, 0.5) is 0 Å². The molecule has 0 aliphatic rings. The molecular weight excluding hydrogens is 395 g/mol. The van der Waals surface area contributed by atoms with Crippen LogP contribution in [0, 0.1) is 0 Å². The van der Waals surface area contributed by atoms with Gasteiger partial charge in [0, 0.05) is 23.7 Å². The van der Waals surface area contributed by atoms with Crippen molar-refractivity contribution in [3.63, 3.8) is 0 Å². The van der Waals surface area contributed by atoms with Crippen molar-refractivity contribution in [2.75, 3.05) is 26.2 Å². The van der Waals surface area contributed by atoms with Crippen molar-refractivity contribution >= 4 is 34.8 Å². The van der Waals surface area contributed by atoms with E-state index in [1.165, 1.54) is 0 Å². The Morgan fingerprint density at radius 1 is 0.885 bits per heavy atom. The Labute approximate surface area is 169 Å². The second kappa shape index (κ2) is 11.7. The quantitative estimate of drug-likeness (QED) is 0.477. The average molecular weight is 418 g/mol.